The fraction of sp³-hybridized carbons (Fsp3) is 0. The van der Waals surface area contributed by atoms with Crippen molar-refractivity contribution in [2.75, 3.05) is 5.73 Å². The summed E-state index contributed by atoms with van der Waals surface area (Å²) in [6.45, 7) is 0. The van der Waals surface area contributed by atoms with Gasteiger partial charge in [-0.15, -0.1) is 15.3 Å². The van der Waals surface area contributed by atoms with E-state index < -0.39 is 62.2 Å². The van der Waals surface area contributed by atoms with Gasteiger partial charge in [0.15, 0.2) is 5.75 Å². The number of pyridine rings is 1. The minimum Gasteiger partial charge on any atom is -0.505 e. The molecule has 0 fully saturated rings. The highest BCUT2D eigenvalue weighted by Crippen LogP contribution is 2.44. The average Bonchev–Trinajstić information content (AvgIpc) is 3.01. The molecule has 0 unspecified atom stereocenters. The molecule has 0 saturated carbocycles. The lowest BCUT2D eigenvalue weighted by molar-refractivity contribution is 0.472. The van der Waals surface area contributed by atoms with Crippen LogP contribution >= 0.6 is 0 Å². The molecule has 0 aliphatic carbocycles. The predicted octanol–water partition coefficient (Wildman–Crippen LogP) is 6.40. The molecule has 5 aromatic carbocycles. The van der Waals surface area contributed by atoms with E-state index in [0.29, 0.717) is 5.69 Å². The van der Waals surface area contributed by atoms with Crippen LogP contribution in [-0.2, 0) is 30.4 Å². The number of azo groups is 2. The van der Waals surface area contributed by atoms with E-state index in [1.165, 1.54) is 18.2 Å². The molecule has 0 radical (unpaired) electrons. The maximum atomic E-state index is 12.3. The average molecular weight is 709 g/mol. The first-order valence-corrected chi connectivity index (χ1v) is 17.6. The van der Waals surface area contributed by atoms with Gasteiger partial charge in [-0.05, 0) is 72.1 Å². The Hall–Kier alpha value is -5.44. The molecule has 19 heteroatoms. The summed E-state index contributed by atoms with van der Waals surface area (Å²) < 4.78 is 101. The van der Waals surface area contributed by atoms with E-state index in [2.05, 4.69) is 25.4 Å². The van der Waals surface area contributed by atoms with E-state index in [1.807, 2.05) is 6.07 Å². The number of nitrogen functional groups attached to an aromatic ring is 1. The minimum atomic E-state index is -5.11. The van der Waals surface area contributed by atoms with Crippen LogP contribution in [0.4, 0.5) is 28.4 Å². The van der Waals surface area contributed by atoms with Gasteiger partial charge in [-0.1, -0.05) is 12.1 Å². The molecule has 16 nitrogen and oxygen atoms in total. The van der Waals surface area contributed by atoms with E-state index in [9.17, 15) is 44.0 Å². The first-order valence-electron chi connectivity index (χ1n) is 13.3. The summed E-state index contributed by atoms with van der Waals surface area (Å²) in [7, 11) is -14.6. The van der Waals surface area contributed by atoms with Gasteiger partial charge in [-0.25, -0.2) is 0 Å². The molecule has 244 valence electrons. The fourth-order valence-electron chi connectivity index (χ4n) is 4.88. The lowest BCUT2D eigenvalue weighted by Gasteiger charge is -2.11. The lowest BCUT2D eigenvalue weighted by Crippen LogP contribution is -2.04. The summed E-state index contributed by atoms with van der Waals surface area (Å²) in [5.41, 5.74) is 5.85. The Balaban J connectivity index is 1.50. The van der Waals surface area contributed by atoms with Crippen molar-refractivity contribution in [3.05, 3.63) is 85.1 Å². The van der Waals surface area contributed by atoms with Crippen LogP contribution in [0.1, 0.15) is 0 Å². The molecule has 6 N–H and O–H groups in total. The summed E-state index contributed by atoms with van der Waals surface area (Å²) in [4.78, 5) is 2.04. The van der Waals surface area contributed by atoms with Crippen LogP contribution in [0.5, 0.6) is 5.75 Å². The third kappa shape index (κ3) is 6.28. The van der Waals surface area contributed by atoms with Crippen LogP contribution in [0.2, 0.25) is 0 Å². The number of aromatic nitrogens is 1. The fourth-order valence-corrected chi connectivity index (χ4v) is 6.68. The number of phenols is 1. The molecule has 0 saturated heterocycles. The second-order valence-electron chi connectivity index (χ2n) is 10.2. The summed E-state index contributed by atoms with van der Waals surface area (Å²) >= 11 is 0. The maximum absolute atomic E-state index is 12.3. The number of anilines is 1. The van der Waals surface area contributed by atoms with Crippen LogP contribution in [0.3, 0.4) is 0 Å². The molecule has 0 aliphatic rings. The summed E-state index contributed by atoms with van der Waals surface area (Å²) in [6, 6.07) is 17.6. The first-order chi connectivity index (χ1) is 22.5. The van der Waals surface area contributed by atoms with Crippen LogP contribution in [-0.4, -0.2) is 49.0 Å². The van der Waals surface area contributed by atoms with Crippen molar-refractivity contribution < 1.29 is 44.0 Å². The van der Waals surface area contributed by atoms with E-state index in [-0.39, 0.29) is 32.9 Å². The molecule has 48 heavy (non-hydrogen) atoms. The normalized spacial score (nSPS) is 13.0. The van der Waals surface area contributed by atoms with Gasteiger partial charge in [0.2, 0.25) is 0 Å². The van der Waals surface area contributed by atoms with Crippen molar-refractivity contribution in [2.45, 2.75) is 14.7 Å². The quantitative estimate of drug-likeness (QED) is 0.0684. The second kappa shape index (κ2) is 11.7. The van der Waals surface area contributed by atoms with Gasteiger partial charge < -0.3 is 10.8 Å². The monoisotopic (exact) mass is 708 g/mol. The number of hydrogen-bond acceptors (Lipinski definition) is 13. The van der Waals surface area contributed by atoms with Crippen LogP contribution in [0.15, 0.2) is 120 Å². The van der Waals surface area contributed by atoms with Crippen molar-refractivity contribution in [2.24, 2.45) is 20.5 Å². The van der Waals surface area contributed by atoms with Gasteiger partial charge in [0, 0.05) is 27.7 Å². The Morgan fingerprint density at radius 1 is 0.604 bits per heavy atom. The van der Waals surface area contributed by atoms with E-state index in [0.717, 1.165) is 41.2 Å². The van der Waals surface area contributed by atoms with Crippen molar-refractivity contribution >= 4 is 91.2 Å². The minimum absolute atomic E-state index is 0.00429. The number of hydrogen-bond donors (Lipinski definition) is 5. The largest absolute Gasteiger partial charge is 0.505 e. The smallest absolute Gasteiger partial charge is 0.296 e. The highest BCUT2D eigenvalue weighted by atomic mass is 32.2. The molecule has 0 atom stereocenters. The predicted molar refractivity (Wildman–Crippen MR) is 174 cm³/mol. The maximum Gasteiger partial charge on any atom is 0.296 e. The molecule has 1 aromatic heterocycles. The van der Waals surface area contributed by atoms with E-state index in [4.69, 9.17) is 5.73 Å². The van der Waals surface area contributed by atoms with Gasteiger partial charge in [-0.2, -0.15) is 30.4 Å². The third-order valence-corrected chi connectivity index (χ3v) is 9.72. The van der Waals surface area contributed by atoms with Gasteiger partial charge >= 0.3 is 0 Å². The van der Waals surface area contributed by atoms with E-state index in [1.54, 1.807) is 30.5 Å². The SMILES string of the molecule is Nc1cc2c(O)c(N=Nc3ccc(N=Nc4ccc5ncccc5c4)c4cc(S(=O)(=O)O)ccc34)c(S(=O)(=O)O)cc2cc1S(=O)(=O)O. The van der Waals surface area contributed by atoms with Gasteiger partial charge in [-0.3, -0.25) is 18.6 Å². The molecule has 0 spiro atoms. The van der Waals surface area contributed by atoms with Crippen molar-refractivity contribution in [3.63, 3.8) is 0 Å². The number of rotatable bonds is 7. The Morgan fingerprint density at radius 2 is 1.27 bits per heavy atom. The Morgan fingerprint density at radius 3 is 1.96 bits per heavy atom. The highest BCUT2D eigenvalue weighted by molar-refractivity contribution is 7.86. The molecular formula is C29H20N6O10S3. The van der Waals surface area contributed by atoms with Gasteiger partial charge in [0.1, 0.15) is 15.5 Å². The van der Waals surface area contributed by atoms with Crippen molar-refractivity contribution in [3.8, 4) is 5.75 Å². The van der Waals surface area contributed by atoms with Crippen LogP contribution in [0, 0.1) is 0 Å². The lowest BCUT2D eigenvalue weighted by atomic mass is 10.1. The molecular weight excluding hydrogens is 689 g/mol. The molecule has 0 amide bonds. The molecule has 6 aromatic rings. The summed E-state index contributed by atoms with van der Waals surface area (Å²) in [6.07, 6.45) is 1.64. The van der Waals surface area contributed by atoms with Crippen LogP contribution < -0.4 is 5.73 Å². The zero-order chi connectivity index (χ0) is 34.6. The van der Waals surface area contributed by atoms with Crippen LogP contribution in [0.25, 0.3) is 32.4 Å². The zero-order valence-electron chi connectivity index (χ0n) is 23.9. The van der Waals surface area contributed by atoms with Crippen molar-refractivity contribution in [1.82, 2.24) is 4.98 Å². The second-order valence-corrected chi connectivity index (χ2v) is 14.4. The van der Waals surface area contributed by atoms with Crippen molar-refractivity contribution in [1.29, 1.82) is 0 Å². The third-order valence-electron chi connectivity index (χ3n) is 7.09. The molecule has 0 aliphatic heterocycles. The topological polar surface area (TPSA) is 272 Å². The number of fused-ring (bicyclic) bond motifs is 3. The Bertz CT molecular complexity index is 2740. The van der Waals surface area contributed by atoms with E-state index >= 15 is 0 Å². The number of phenolic OH excluding ortho intramolecular Hbond substituents is 1. The first kappa shape index (κ1) is 32.5. The Labute approximate surface area is 271 Å². The number of nitrogens with zero attached hydrogens (tertiary/aromatic N) is 5. The molecule has 1 heterocycles. The zero-order valence-corrected chi connectivity index (χ0v) is 26.3. The Kier molecular flexibility index (Phi) is 7.90. The highest BCUT2D eigenvalue weighted by Gasteiger charge is 2.25. The standard InChI is InChI=1S/C29H20N6O10S3/c30-22-14-20-16(11-26(22)47(40,41)42)12-27(48(43,44)45)28(29(20)36)35-34-24-7-8-25(21-13-18(46(37,38)39)4-5-19(21)24)33-32-17-3-6-23-15(10-17)2-1-9-31-23/h1-14,36H,30H2,(H,37,38,39)(H,40,41,42)(H,43,44,45). The number of nitrogens with two attached hydrogens (primary N) is 1. The summed E-state index contributed by atoms with van der Waals surface area (Å²) in [5, 5.41) is 28.1. The molecule has 0 bridgehead atoms. The van der Waals surface area contributed by atoms with Gasteiger partial charge in [0.05, 0.1) is 33.2 Å². The number of benzene rings is 5. The summed E-state index contributed by atoms with van der Waals surface area (Å²) in [5.74, 6) is -0.855. The molecule has 6 rings (SSSR count). The number of aromatic hydroxyl groups is 1. The van der Waals surface area contributed by atoms with Gasteiger partial charge in [0.25, 0.3) is 30.4 Å².